The summed E-state index contributed by atoms with van der Waals surface area (Å²) in [4.78, 5) is 0. The molecule has 0 aromatic heterocycles. The van der Waals surface area contributed by atoms with Crippen molar-refractivity contribution in [2.75, 3.05) is 0 Å². The predicted octanol–water partition coefficient (Wildman–Crippen LogP) is -2.12. The fourth-order valence-electron chi connectivity index (χ4n) is 0. The van der Waals surface area contributed by atoms with Crippen LogP contribution in [-0.2, 0) is 0 Å². The maximum atomic E-state index is 3.25. The van der Waals surface area contributed by atoms with Crippen molar-refractivity contribution in [3.63, 3.8) is 0 Å². The first-order valence-electron chi connectivity index (χ1n) is 0.816. The van der Waals surface area contributed by atoms with E-state index in [4.69, 9.17) is 0 Å². The van der Waals surface area contributed by atoms with Crippen molar-refractivity contribution < 1.29 is 18.4 Å². The maximum Gasteiger partial charge on any atom is 0 e. The molecule has 5 heavy (non-hydrogen) atoms. The molecule has 0 saturated heterocycles. The van der Waals surface area contributed by atoms with Gasteiger partial charge < -0.3 is 17.0 Å². The van der Waals surface area contributed by atoms with Gasteiger partial charge in [-0.2, -0.15) is 0 Å². The van der Waals surface area contributed by atoms with E-state index in [-0.39, 0.29) is 42.8 Å². The van der Waals surface area contributed by atoms with E-state index in [0.29, 0.717) is 0 Å². The Morgan fingerprint density at radius 3 is 1.60 bits per heavy atom. The van der Waals surface area contributed by atoms with Crippen molar-refractivity contribution in [1.82, 2.24) is 0 Å². The maximum absolute atomic E-state index is 3.25. The number of hydrogen-bond acceptors (Lipinski definition) is 0. The molecule has 0 atom stereocenters. The molecule has 2 heteroatoms. The van der Waals surface area contributed by atoms with Crippen LogP contribution in [0.3, 0.4) is 0 Å². The van der Waals surface area contributed by atoms with Crippen molar-refractivity contribution >= 4 is 24.4 Å². The van der Waals surface area contributed by atoms with Crippen LogP contribution in [0, 0.1) is 6.92 Å². The van der Waals surface area contributed by atoms with Crippen molar-refractivity contribution in [2.45, 2.75) is 0 Å². The summed E-state index contributed by atoms with van der Waals surface area (Å²) in [6.07, 6.45) is 1.50. The van der Waals surface area contributed by atoms with Gasteiger partial charge in [0.05, 0.1) is 0 Å². The normalized spacial score (nSPS) is 2.60. The number of rotatable bonds is 0. The Hall–Kier alpha value is 1.04. The Bertz CT molecular complexity index is 18.3. The first-order chi connectivity index (χ1) is 1.41. The molecule has 0 spiro atoms. The van der Waals surface area contributed by atoms with E-state index in [9.17, 15) is 0 Å². The van der Waals surface area contributed by atoms with Crippen molar-refractivity contribution in [3.05, 3.63) is 19.6 Å². The minimum Gasteiger partial charge on any atom is -1.00 e. The van der Waals surface area contributed by atoms with Crippen LogP contribution in [0.15, 0.2) is 12.7 Å². The molecule has 0 aliphatic carbocycles. The molecule has 4 radical (unpaired) electrons. The van der Waals surface area contributed by atoms with Crippen LogP contribution in [0.2, 0.25) is 0 Å². The quantitative estimate of drug-likeness (QED) is 0.428. The topological polar surface area (TPSA) is 0 Å². The van der Waals surface area contributed by atoms with E-state index in [1.54, 1.807) is 0 Å². The molecule has 0 fully saturated rings. The van der Waals surface area contributed by atoms with E-state index in [0.717, 1.165) is 0 Å². The third-order valence-corrected chi connectivity index (χ3v) is 0. The van der Waals surface area contributed by atoms with E-state index >= 15 is 0 Å². The van der Waals surface area contributed by atoms with Gasteiger partial charge in [-0.05, 0) is 6.92 Å². The average Bonchev–Trinajstić information content (AvgIpc) is 0.918. The van der Waals surface area contributed by atoms with Crippen molar-refractivity contribution in [2.24, 2.45) is 0 Å². The second-order valence-corrected chi connectivity index (χ2v) is 0.289. The van der Waals surface area contributed by atoms with Gasteiger partial charge in [0.1, 0.15) is 0 Å². The molecular weight excluding hydrogens is 238 g/mol. The van der Waals surface area contributed by atoms with E-state index < -0.39 is 0 Å². The summed E-state index contributed by atoms with van der Waals surface area (Å²) >= 11 is 0. The summed E-state index contributed by atoms with van der Waals surface area (Å²) in [6, 6.07) is 0. The molecule has 0 amide bonds. The molecule has 0 saturated carbocycles. The molecule has 0 rings (SSSR count). The average molecular weight is 245 g/mol. The summed E-state index contributed by atoms with van der Waals surface area (Å²) in [6.45, 7) is 6.50. The van der Waals surface area contributed by atoms with Gasteiger partial charge in [-0.3, -0.25) is 0 Å². The van der Waals surface area contributed by atoms with Gasteiger partial charge in [-0.25, -0.2) is 0 Å². The standard InChI is InChI=1S/C3H5.BrH.Sb.H2/c1-3-2;;;/h3H,1-2H2;1H;;1H/p-1. The number of halogens is 1. The Morgan fingerprint density at radius 2 is 1.60 bits per heavy atom. The van der Waals surface area contributed by atoms with Crippen LogP contribution in [0.5, 0.6) is 0 Å². The third-order valence-electron chi connectivity index (χ3n) is 0. The van der Waals surface area contributed by atoms with Crippen LogP contribution in [-0.4, -0.2) is 24.4 Å². The predicted molar refractivity (Wildman–Crippen MR) is 23.4 cm³/mol. The van der Waals surface area contributed by atoms with Crippen molar-refractivity contribution in [3.8, 4) is 0 Å². The van der Waals surface area contributed by atoms with Crippen LogP contribution in [0.1, 0.15) is 1.43 Å². The fourth-order valence-corrected chi connectivity index (χ4v) is 0. The molecule has 0 aliphatic heterocycles. The fraction of sp³-hybridized carbons (Fsp3) is 0. The summed E-state index contributed by atoms with van der Waals surface area (Å²) in [5.41, 5.74) is 0. The molecular formula is C3H7BrSb-. The first kappa shape index (κ1) is 16.6. The van der Waals surface area contributed by atoms with Gasteiger partial charge in [0.2, 0.25) is 0 Å². The molecule has 0 N–H and O–H groups in total. The van der Waals surface area contributed by atoms with Gasteiger partial charge in [0.15, 0.2) is 0 Å². The Kier molecular flexibility index (Phi) is 65.7. The largest absolute Gasteiger partial charge is 1.00 e. The van der Waals surface area contributed by atoms with E-state index in [1.807, 2.05) is 0 Å². The van der Waals surface area contributed by atoms with E-state index in [2.05, 4.69) is 13.5 Å². The van der Waals surface area contributed by atoms with Crippen LogP contribution in [0.4, 0.5) is 0 Å². The van der Waals surface area contributed by atoms with Crippen molar-refractivity contribution in [1.29, 1.82) is 0 Å². The number of hydrogen-bond donors (Lipinski definition) is 0. The Labute approximate surface area is 62.3 Å². The van der Waals surface area contributed by atoms with Gasteiger partial charge in [-0.15, -0.1) is 6.58 Å². The van der Waals surface area contributed by atoms with Crippen LogP contribution < -0.4 is 17.0 Å². The summed E-state index contributed by atoms with van der Waals surface area (Å²) in [7, 11) is 0. The summed E-state index contributed by atoms with van der Waals surface area (Å²) in [5, 5.41) is 0. The Morgan fingerprint density at radius 1 is 1.60 bits per heavy atom. The molecule has 0 heterocycles. The molecule has 0 aliphatic rings. The van der Waals surface area contributed by atoms with Crippen LogP contribution >= 0.6 is 0 Å². The molecule has 0 nitrogen and oxygen atoms in total. The molecule has 0 bridgehead atoms. The minimum absolute atomic E-state index is 0. The zero-order chi connectivity index (χ0) is 2.71. The molecule has 0 unspecified atom stereocenters. The first-order valence-corrected chi connectivity index (χ1v) is 0.816. The second-order valence-electron chi connectivity index (χ2n) is 0.289. The smallest absolute Gasteiger partial charge is 0 e. The third kappa shape index (κ3) is 43.1. The zero-order valence-corrected chi connectivity index (χ0v) is 6.96. The Balaban J connectivity index is -0.00000000667. The molecule has 0 aromatic carbocycles. The molecule has 32 valence electrons. The molecule has 0 aromatic rings. The SMILES string of the molecule is [Br-].[CH2]C=C.[HH].[Sb]. The summed E-state index contributed by atoms with van der Waals surface area (Å²) < 4.78 is 0. The van der Waals surface area contributed by atoms with Gasteiger partial charge >= 0.3 is 0 Å². The van der Waals surface area contributed by atoms with Gasteiger partial charge in [0, 0.05) is 25.9 Å². The zero-order valence-electron chi connectivity index (χ0n) is 2.82. The summed E-state index contributed by atoms with van der Waals surface area (Å²) in [5.74, 6) is 0. The van der Waals surface area contributed by atoms with Gasteiger partial charge in [-0.1, -0.05) is 6.08 Å². The van der Waals surface area contributed by atoms with Gasteiger partial charge in [0.25, 0.3) is 0 Å². The van der Waals surface area contributed by atoms with E-state index in [1.165, 1.54) is 6.08 Å². The monoisotopic (exact) mass is 243 g/mol. The second kappa shape index (κ2) is 19.8. The minimum atomic E-state index is 0. The van der Waals surface area contributed by atoms with Crippen LogP contribution in [0.25, 0.3) is 0 Å². The number of allylic oxidation sites excluding steroid dienone is 1.